The Hall–Kier alpha value is -2.04. The molecule has 1 atom stereocenters. The molecule has 0 aliphatic carbocycles. The molecule has 0 aromatic heterocycles. The third kappa shape index (κ3) is 5.85. The lowest BCUT2D eigenvalue weighted by Crippen LogP contribution is -2.41. The molecule has 0 heterocycles. The minimum Gasteiger partial charge on any atom is -0.493 e. The minimum atomic E-state index is -1.000. The van der Waals surface area contributed by atoms with Crippen molar-refractivity contribution in [2.24, 2.45) is 0 Å². The molecule has 0 saturated heterocycles. The van der Waals surface area contributed by atoms with Gasteiger partial charge in [-0.1, -0.05) is 19.4 Å². The van der Waals surface area contributed by atoms with E-state index in [1.165, 1.54) is 5.56 Å². The molecule has 1 rings (SSSR count). The van der Waals surface area contributed by atoms with Crippen molar-refractivity contribution in [1.29, 1.82) is 0 Å². The van der Waals surface area contributed by atoms with Crippen molar-refractivity contribution in [1.82, 2.24) is 5.32 Å². The van der Waals surface area contributed by atoms with Crippen LogP contribution in [0.3, 0.4) is 0 Å². The minimum absolute atomic E-state index is 0.139. The lowest BCUT2D eigenvalue weighted by Gasteiger charge is -2.14. The number of aryl methyl sites for hydroxylation is 2. The van der Waals surface area contributed by atoms with Crippen molar-refractivity contribution in [3.8, 4) is 5.75 Å². The number of rotatable bonds is 8. The van der Waals surface area contributed by atoms with Crippen LogP contribution >= 0.6 is 0 Å². The molecule has 0 aliphatic heterocycles. The second-order valence-electron chi connectivity index (χ2n) is 5.09. The Morgan fingerprint density at radius 1 is 1.29 bits per heavy atom. The van der Waals surface area contributed by atoms with Crippen molar-refractivity contribution in [2.45, 2.75) is 46.1 Å². The normalized spacial score (nSPS) is 11.8. The number of hydrogen-bond acceptors (Lipinski definition) is 3. The van der Waals surface area contributed by atoms with E-state index in [1.807, 2.05) is 39.0 Å². The van der Waals surface area contributed by atoms with Gasteiger partial charge in [-0.15, -0.1) is 0 Å². The summed E-state index contributed by atoms with van der Waals surface area (Å²) in [5.41, 5.74) is 2.31. The Bertz CT molecular complexity index is 499. The van der Waals surface area contributed by atoms with Crippen LogP contribution < -0.4 is 10.1 Å². The van der Waals surface area contributed by atoms with E-state index in [2.05, 4.69) is 5.32 Å². The molecule has 0 bridgehead atoms. The molecule has 1 aromatic carbocycles. The van der Waals surface area contributed by atoms with Gasteiger partial charge >= 0.3 is 5.97 Å². The highest BCUT2D eigenvalue weighted by Crippen LogP contribution is 2.16. The van der Waals surface area contributed by atoms with Crippen LogP contribution in [0.2, 0.25) is 0 Å². The van der Waals surface area contributed by atoms with Gasteiger partial charge in [0.2, 0.25) is 5.91 Å². The molecule has 0 saturated carbocycles. The summed E-state index contributed by atoms with van der Waals surface area (Å²) in [7, 11) is 0. The van der Waals surface area contributed by atoms with Crippen LogP contribution in [-0.4, -0.2) is 29.6 Å². The molecule has 0 aliphatic rings. The number of carbonyl (C=O) groups is 2. The predicted octanol–water partition coefficient (Wildman–Crippen LogP) is 2.44. The van der Waals surface area contributed by atoms with Gasteiger partial charge in [-0.25, -0.2) is 4.79 Å². The fourth-order valence-electron chi connectivity index (χ4n) is 1.88. The van der Waals surface area contributed by atoms with Gasteiger partial charge in [0.1, 0.15) is 11.8 Å². The summed E-state index contributed by atoms with van der Waals surface area (Å²) in [6.45, 7) is 6.13. The largest absolute Gasteiger partial charge is 0.493 e. The molecule has 1 aromatic rings. The maximum atomic E-state index is 11.7. The molecule has 116 valence electrons. The van der Waals surface area contributed by atoms with Crippen molar-refractivity contribution in [3.63, 3.8) is 0 Å². The number of ether oxygens (including phenoxy) is 1. The number of benzene rings is 1. The Labute approximate surface area is 125 Å². The van der Waals surface area contributed by atoms with Crippen LogP contribution in [-0.2, 0) is 9.59 Å². The first-order valence-corrected chi connectivity index (χ1v) is 7.16. The highest BCUT2D eigenvalue weighted by Gasteiger charge is 2.18. The van der Waals surface area contributed by atoms with Crippen LogP contribution in [0.1, 0.15) is 37.3 Å². The summed E-state index contributed by atoms with van der Waals surface area (Å²) in [5.74, 6) is -0.589. The van der Waals surface area contributed by atoms with E-state index in [9.17, 15) is 9.59 Å². The first-order valence-electron chi connectivity index (χ1n) is 7.16. The van der Waals surface area contributed by atoms with E-state index in [4.69, 9.17) is 9.84 Å². The average molecular weight is 293 g/mol. The SMILES string of the molecule is CCCC(NC(=O)CCOc1ccc(C)c(C)c1)C(=O)O. The summed E-state index contributed by atoms with van der Waals surface area (Å²) in [5, 5.41) is 11.5. The van der Waals surface area contributed by atoms with Crippen LogP contribution in [0.5, 0.6) is 5.75 Å². The Morgan fingerprint density at radius 3 is 2.57 bits per heavy atom. The van der Waals surface area contributed by atoms with E-state index >= 15 is 0 Å². The van der Waals surface area contributed by atoms with E-state index in [0.717, 1.165) is 5.56 Å². The molecule has 1 amide bonds. The molecule has 0 fully saturated rings. The van der Waals surface area contributed by atoms with E-state index in [0.29, 0.717) is 18.6 Å². The van der Waals surface area contributed by atoms with Crippen molar-refractivity contribution in [3.05, 3.63) is 29.3 Å². The van der Waals surface area contributed by atoms with Crippen molar-refractivity contribution >= 4 is 11.9 Å². The number of nitrogens with one attached hydrogen (secondary N) is 1. The van der Waals surface area contributed by atoms with Crippen molar-refractivity contribution < 1.29 is 19.4 Å². The smallest absolute Gasteiger partial charge is 0.326 e. The molecule has 2 N–H and O–H groups in total. The number of carbonyl (C=O) groups excluding carboxylic acids is 1. The van der Waals surface area contributed by atoms with E-state index in [1.54, 1.807) is 0 Å². The third-order valence-corrected chi connectivity index (χ3v) is 3.29. The van der Waals surface area contributed by atoms with Gasteiger partial charge in [-0.3, -0.25) is 4.79 Å². The van der Waals surface area contributed by atoms with Gasteiger partial charge in [0.05, 0.1) is 13.0 Å². The van der Waals surface area contributed by atoms with Crippen molar-refractivity contribution in [2.75, 3.05) is 6.61 Å². The van der Waals surface area contributed by atoms with Crippen LogP contribution in [0.15, 0.2) is 18.2 Å². The summed E-state index contributed by atoms with van der Waals surface area (Å²) in [6, 6.07) is 4.93. The summed E-state index contributed by atoms with van der Waals surface area (Å²) in [4.78, 5) is 22.6. The zero-order valence-corrected chi connectivity index (χ0v) is 12.8. The molecular formula is C16H23NO4. The molecule has 5 heteroatoms. The Balaban J connectivity index is 2.39. The van der Waals surface area contributed by atoms with Crippen LogP contribution in [0, 0.1) is 13.8 Å². The number of carboxylic acids is 1. The summed E-state index contributed by atoms with van der Waals surface area (Å²) >= 11 is 0. The first kappa shape index (κ1) is 17.0. The van der Waals surface area contributed by atoms with E-state index in [-0.39, 0.29) is 18.9 Å². The molecule has 21 heavy (non-hydrogen) atoms. The third-order valence-electron chi connectivity index (χ3n) is 3.29. The average Bonchev–Trinajstić information content (AvgIpc) is 2.42. The maximum absolute atomic E-state index is 11.7. The van der Waals surface area contributed by atoms with Crippen LogP contribution in [0.25, 0.3) is 0 Å². The fraction of sp³-hybridized carbons (Fsp3) is 0.500. The van der Waals surface area contributed by atoms with E-state index < -0.39 is 12.0 Å². The van der Waals surface area contributed by atoms with Gasteiger partial charge in [-0.05, 0) is 43.5 Å². The topological polar surface area (TPSA) is 75.6 Å². The lowest BCUT2D eigenvalue weighted by molar-refractivity contribution is -0.142. The maximum Gasteiger partial charge on any atom is 0.326 e. The number of amides is 1. The second-order valence-corrected chi connectivity index (χ2v) is 5.09. The highest BCUT2D eigenvalue weighted by molar-refractivity contribution is 5.83. The second kappa shape index (κ2) is 8.29. The monoisotopic (exact) mass is 293 g/mol. The first-order chi connectivity index (χ1) is 9.93. The molecule has 0 spiro atoms. The van der Waals surface area contributed by atoms with Gasteiger partial charge in [-0.2, -0.15) is 0 Å². The number of carboxylic acid groups (broad SMARTS) is 1. The quantitative estimate of drug-likeness (QED) is 0.772. The Kier molecular flexibility index (Phi) is 6.72. The standard InChI is InChI=1S/C16H23NO4/c1-4-5-14(16(19)20)17-15(18)8-9-21-13-7-6-11(2)12(3)10-13/h6-7,10,14H,4-5,8-9H2,1-3H3,(H,17,18)(H,19,20). The zero-order valence-electron chi connectivity index (χ0n) is 12.8. The van der Waals surface area contributed by atoms with Gasteiger partial charge in [0.25, 0.3) is 0 Å². The highest BCUT2D eigenvalue weighted by atomic mass is 16.5. The van der Waals surface area contributed by atoms with Gasteiger partial charge in [0.15, 0.2) is 0 Å². The molecular weight excluding hydrogens is 270 g/mol. The number of aliphatic carboxylic acids is 1. The van der Waals surface area contributed by atoms with Gasteiger partial charge in [0, 0.05) is 0 Å². The fourth-order valence-corrected chi connectivity index (χ4v) is 1.88. The van der Waals surface area contributed by atoms with Crippen LogP contribution in [0.4, 0.5) is 0 Å². The Morgan fingerprint density at radius 2 is 2.00 bits per heavy atom. The number of hydrogen-bond donors (Lipinski definition) is 2. The summed E-state index contributed by atoms with van der Waals surface area (Å²) < 4.78 is 5.51. The summed E-state index contributed by atoms with van der Waals surface area (Å²) in [6.07, 6.45) is 1.27. The molecule has 0 radical (unpaired) electrons. The lowest BCUT2D eigenvalue weighted by atomic mass is 10.1. The zero-order chi connectivity index (χ0) is 15.8. The molecule has 5 nitrogen and oxygen atoms in total. The van der Waals surface area contributed by atoms with Gasteiger partial charge < -0.3 is 15.2 Å². The predicted molar refractivity (Wildman–Crippen MR) is 80.5 cm³/mol. The molecule has 1 unspecified atom stereocenters.